The van der Waals surface area contributed by atoms with Crippen LogP contribution in [0.2, 0.25) is 0 Å². The van der Waals surface area contributed by atoms with E-state index in [9.17, 15) is 4.79 Å². The van der Waals surface area contributed by atoms with Crippen molar-refractivity contribution in [1.82, 2.24) is 19.8 Å². The number of likely N-dealkylation sites (N-methyl/N-ethyl adjacent to an activating group) is 1. The number of aromatic nitrogens is 2. The van der Waals surface area contributed by atoms with Gasteiger partial charge in [0.05, 0.1) is 6.33 Å². The second-order valence-electron chi connectivity index (χ2n) is 4.39. The number of hydrogen-bond acceptors (Lipinski definition) is 3. The molecule has 0 bridgehead atoms. The molecule has 1 saturated heterocycles. The zero-order valence-corrected chi connectivity index (χ0v) is 10.4. The summed E-state index contributed by atoms with van der Waals surface area (Å²) in [5.74, 6) is 0.260. The summed E-state index contributed by atoms with van der Waals surface area (Å²) in [5.41, 5.74) is 1.03. The van der Waals surface area contributed by atoms with Gasteiger partial charge in [-0.25, -0.2) is 4.98 Å². The minimum Gasteiger partial charge on any atom is -0.348 e. The molecule has 1 aliphatic rings. The van der Waals surface area contributed by atoms with Crippen LogP contribution in [0.5, 0.6) is 0 Å². The van der Waals surface area contributed by atoms with Gasteiger partial charge in [-0.05, 0) is 13.0 Å². The molecule has 0 atom stereocenters. The molecule has 94 valence electrons. The van der Waals surface area contributed by atoms with Gasteiger partial charge in [-0.15, -0.1) is 0 Å². The summed E-state index contributed by atoms with van der Waals surface area (Å²) in [4.78, 5) is 23.3. The van der Waals surface area contributed by atoms with Crippen molar-refractivity contribution in [2.75, 3.05) is 32.7 Å². The summed E-state index contributed by atoms with van der Waals surface area (Å²) in [6.45, 7) is 7.00. The number of amides is 1. The predicted molar refractivity (Wildman–Crippen MR) is 65.6 cm³/mol. The second-order valence-corrected chi connectivity index (χ2v) is 4.39. The Balaban J connectivity index is 1.73. The van der Waals surface area contributed by atoms with E-state index in [4.69, 9.17) is 0 Å². The minimum absolute atomic E-state index is 0.260. The van der Waals surface area contributed by atoms with Gasteiger partial charge in [0.25, 0.3) is 0 Å². The third kappa shape index (κ3) is 3.30. The highest BCUT2D eigenvalue weighted by atomic mass is 16.2. The van der Waals surface area contributed by atoms with Crippen molar-refractivity contribution in [1.29, 1.82) is 0 Å². The molecule has 2 rings (SSSR count). The second kappa shape index (κ2) is 5.82. The highest BCUT2D eigenvalue weighted by Crippen LogP contribution is 2.05. The highest BCUT2D eigenvalue weighted by Gasteiger charge is 2.19. The molecule has 0 aromatic carbocycles. The molecule has 1 N–H and O–H groups in total. The number of hydrogen-bond donors (Lipinski definition) is 1. The van der Waals surface area contributed by atoms with Gasteiger partial charge in [-0.1, -0.05) is 6.92 Å². The minimum atomic E-state index is 0.260. The van der Waals surface area contributed by atoms with E-state index in [0.717, 1.165) is 44.8 Å². The van der Waals surface area contributed by atoms with Crippen LogP contribution >= 0.6 is 0 Å². The lowest BCUT2D eigenvalue weighted by molar-refractivity contribution is -0.132. The van der Waals surface area contributed by atoms with Gasteiger partial charge in [-0.3, -0.25) is 4.79 Å². The van der Waals surface area contributed by atoms with Gasteiger partial charge in [0.2, 0.25) is 5.91 Å². The van der Waals surface area contributed by atoms with E-state index < -0.39 is 0 Å². The first kappa shape index (κ1) is 12.1. The molecule has 5 nitrogen and oxygen atoms in total. The number of imidazole rings is 1. The van der Waals surface area contributed by atoms with Gasteiger partial charge >= 0.3 is 0 Å². The predicted octanol–water partition coefficient (Wildman–Crippen LogP) is 0.506. The molecule has 0 saturated carbocycles. The quantitative estimate of drug-likeness (QED) is 0.828. The fraction of sp³-hybridized carbons (Fsp3) is 0.667. The van der Waals surface area contributed by atoms with Gasteiger partial charge in [0.15, 0.2) is 0 Å². The molecule has 0 radical (unpaired) electrons. The smallest absolute Gasteiger partial charge is 0.223 e. The van der Waals surface area contributed by atoms with Gasteiger partial charge < -0.3 is 14.8 Å². The number of aromatic amines is 1. The van der Waals surface area contributed by atoms with E-state index in [2.05, 4.69) is 21.8 Å². The largest absolute Gasteiger partial charge is 0.348 e. The van der Waals surface area contributed by atoms with Crippen molar-refractivity contribution in [3.8, 4) is 0 Å². The third-order valence-electron chi connectivity index (χ3n) is 3.34. The van der Waals surface area contributed by atoms with E-state index in [-0.39, 0.29) is 5.91 Å². The Morgan fingerprint density at radius 2 is 2.18 bits per heavy atom. The Morgan fingerprint density at radius 1 is 1.41 bits per heavy atom. The molecular formula is C12H20N4O. The van der Waals surface area contributed by atoms with Crippen molar-refractivity contribution < 1.29 is 4.79 Å². The van der Waals surface area contributed by atoms with Crippen LogP contribution < -0.4 is 0 Å². The van der Waals surface area contributed by atoms with Crippen molar-refractivity contribution >= 4 is 5.91 Å². The number of H-pyrrole nitrogens is 1. The van der Waals surface area contributed by atoms with Gasteiger partial charge in [-0.2, -0.15) is 0 Å². The monoisotopic (exact) mass is 236 g/mol. The zero-order valence-electron chi connectivity index (χ0n) is 10.4. The maximum absolute atomic E-state index is 12.0. The number of piperazine rings is 1. The summed E-state index contributed by atoms with van der Waals surface area (Å²) in [7, 11) is 0. The maximum Gasteiger partial charge on any atom is 0.223 e. The van der Waals surface area contributed by atoms with Crippen molar-refractivity contribution in [3.63, 3.8) is 0 Å². The summed E-state index contributed by atoms with van der Waals surface area (Å²) in [5, 5.41) is 0. The Labute approximate surface area is 102 Å². The molecule has 5 heteroatoms. The molecule has 0 aliphatic carbocycles. The summed E-state index contributed by atoms with van der Waals surface area (Å²) >= 11 is 0. The van der Waals surface area contributed by atoms with Crippen LogP contribution in [-0.4, -0.2) is 58.4 Å². The maximum atomic E-state index is 12.0. The van der Waals surface area contributed by atoms with E-state index >= 15 is 0 Å². The molecule has 2 heterocycles. The first-order chi connectivity index (χ1) is 8.29. The average molecular weight is 236 g/mol. The van der Waals surface area contributed by atoms with Crippen molar-refractivity contribution in [2.24, 2.45) is 0 Å². The number of nitrogens with one attached hydrogen (secondary N) is 1. The Bertz CT molecular complexity index is 341. The van der Waals surface area contributed by atoms with Crippen molar-refractivity contribution in [2.45, 2.75) is 19.8 Å². The fourth-order valence-corrected chi connectivity index (χ4v) is 2.13. The number of carbonyl (C=O) groups is 1. The number of nitrogens with zero attached hydrogens (tertiary/aromatic N) is 3. The van der Waals surface area contributed by atoms with E-state index in [0.29, 0.717) is 6.42 Å². The normalized spacial score (nSPS) is 17.4. The SMILES string of the molecule is CCN1CCN(C(=O)CCc2cnc[nH]2)CC1. The zero-order chi connectivity index (χ0) is 12.1. The molecule has 0 spiro atoms. The van der Waals surface area contributed by atoms with Crippen LogP contribution in [0.3, 0.4) is 0 Å². The summed E-state index contributed by atoms with van der Waals surface area (Å²) in [6.07, 6.45) is 4.77. The third-order valence-corrected chi connectivity index (χ3v) is 3.34. The van der Waals surface area contributed by atoms with Crippen LogP contribution in [0.4, 0.5) is 0 Å². The lowest BCUT2D eigenvalue weighted by atomic mass is 10.2. The van der Waals surface area contributed by atoms with Gasteiger partial charge in [0.1, 0.15) is 0 Å². The number of rotatable bonds is 4. The standard InChI is InChI=1S/C12H20N4O/c1-2-15-5-7-16(8-6-15)12(17)4-3-11-9-13-10-14-11/h9-10H,2-8H2,1H3,(H,13,14). The summed E-state index contributed by atoms with van der Waals surface area (Å²) in [6, 6.07) is 0. The first-order valence-electron chi connectivity index (χ1n) is 6.27. The molecule has 17 heavy (non-hydrogen) atoms. The molecule has 1 fully saturated rings. The van der Waals surface area contributed by atoms with Crippen LogP contribution in [0.15, 0.2) is 12.5 Å². The lowest BCUT2D eigenvalue weighted by Gasteiger charge is -2.34. The molecule has 1 aromatic rings. The molecule has 1 aliphatic heterocycles. The topological polar surface area (TPSA) is 52.2 Å². The number of carbonyl (C=O) groups excluding carboxylic acids is 1. The Morgan fingerprint density at radius 3 is 2.76 bits per heavy atom. The Kier molecular flexibility index (Phi) is 4.14. The van der Waals surface area contributed by atoms with Crippen LogP contribution in [0, 0.1) is 0 Å². The summed E-state index contributed by atoms with van der Waals surface area (Å²) < 4.78 is 0. The Hall–Kier alpha value is -1.36. The molecule has 1 aromatic heterocycles. The molecule has 0 unspecified atom stereocenters. The first-order valence-corrected chi connectivity index (χ1v) is 6.27. The number of aryl methyl sites for hydroxylation is 1. The fourth-order valence-electron chi connectivity index (χ4n) is 2.13. The van der Waals surface area contributed by atoms with Gasteiger partial charge in [0, 0.05) is 44.5 Å². The molecular weight excluding hydrogens is 216 g/mol. The van der Waals surface area contributed by atoms with Crippen LogP contribution in [-0.2, 0) is 11.2 Å². The lowest BCUT2D eigenvalue weighted by Crippen LogP contribution is -2.48. The van der Waals surface area contributed by atoms with Crippen LogP contribution in [0.25, 0.3) is 0 Å². The average Bonchev–Trinajstić information content (AvgIpc) is 2.89. The van der Waals surface area contributed by atoms with E-state index in [1.54, 1.807) is 12.5 Å². The van der Waals surface area contributed by atoms with Crippen LogP contribution in [0.1, 0.15) is 19.0 Å². The van der Waals surface area contributed by atoms with E-state index in [1.807, 2.05) is 4.90 Å². The van der Waals surface area contributed by atoms with Crippen molar-refractivity contribution in [3.05, 3.63) is 18.2 Å². The molecule has 1 amide bonds. The highest BCUT2D eigenvalue weighted by molar-refractivity contribution is 5.76. The van der Waals surface area contributed by atoms with E-state index in [1.165, 1.54) is 0 Å².